The summed E-state index contributed by atoms with van der Waals surface area (Å²) < 4.78 is 36.7. The zero-order valence-electron chi connectivity index (χ0n) is 42.3. The van der Waals surface area contributed by atoms with Gasteiger partial charge in [-0.2, -0.15) is 0 Å². The van der Waals surface area contributed by atoms with Gasteiger partial charge in [-0.15, -0.1) is 0 Å². The molecule has 1 aliphatic carbocycles. The van der Waals surface area contributed by atoms with Gasteiger partial charge in [-0.25, -0.2) is 4.79 Å². The molecule has 4 aliphatic rings. The first-order valence-electron chi connectivity index (χ1n) is 25.3. The lowest BCUT2D eigenvalue weighted by molar-refractivity contribution is -0.302. The Morgan fingerprint density at radius 3 is 2.28 bits per heavy atom. The summed E-state index contributed by atoms with van der Waals surface area (Å²) in [5, 5.41) is 37.3. The lowest BCUT2D eigenvalue weighted by Gasteiger charge is -2.47. The van der Waals surface area contributed by atoms with E-state index in [4.69, 9.17) is 28.4 Å². The minimum atomic E-state index is -2.52. The molecule has 0 spiro atoms. The number of methoxy groups -OCH3 is 3. The molecule has 1 saturated carbocycles. The summed E-state index contributed by atoms with van der Waals surface area (Å²) in [6.07, 6.45) is 3.26. The van der Waals surface area contributed by atoms with Gasteiger partial charge in [0.1, 0.15) is 30.1 Å². The lowest BCUT2D eigenvalue weighted by atomic mass is 9.81. The molecule has 0 radical (unpaired) electrons. The second-order valence-corrected chi connectivity index (χ2v) is 20.6. The number of Topliss-reactive ketones (excluding diaryl/α,β-unsaturated/α-hetero) is 2. The third kappa shape index (κ3) is 13.0. The fourth-order valence-electron chi connectivity index (χ4n) is 11.3. The molecule has 14 nitrogen and oxygen atoms in total. The van der Waals surface area contributed by atoms with E-state index < -0.39 is 83.9 Å². The predicted molar refractivity (Wildman–Crippen MR) is 261 cm³/mol. The number of cyclic esters (lactones) is 1. The van der Waals surface area contributed by atoms with Gasteiger partial charge in [0.15, 0.2) is 0 Å². The Kier molecular flexibility index (Phi) is 19.3. The highest BCUT2D eigenvalue weighted by Gasteiger charge is 2.56. The second kappa shape index (κ2) is 24.5. The number of rotatable bonds is 10. The number of hydrogen-bond acceptors (Lipinski definition) is 13. The molecular weight excluding hydrogens is 883 g/mol. The van der Waals surface area contributed by atoms with Crippen LogP contribution in [0.3, 0.4) is 0 Å². The Labute approximate surface area is 409 Å². The number of fused-ring (bicyclic) bond motifs is 4. The average Bonchev–Trinajstić information content (AvgIpc) is 3.35. The van der Waals surface area contributed by atoms with Crippen molar-refractivity contribution in [3.05, 3.63) is 71.3 Å². The van der Waals surface area contributed by atoms with Gasteiger partial charge in [0.25, 0.3) is 11.7 Å². The highest BCUT2D eigenvalue weighted by molar-refractivity contribution is 6.39. The van der Waals surface area contributed by atoms with Crippen molar-refractivity contribution in [1.29, 1.82) is 0 Å². The summed E-state index contributed by atoms with van der Waals surface area (Å²) in [4.78, 5) is 58.6. The van der Waals surface area contributed by atoms with E-state index in [9.17, 15) is 34.5 Å². The van der Waals surface area contributed by atoms with Crippen LogP contribution in [0.2, 0.25) is 0 Å². The minimum absolute atomic E-state index is 0.0212. The number of nitrogens with zero attached hydrogens (tertiary/aromatic N) is 1. The van der Waals surface area contributed by atoms with Crippen molar-refractivity contribution in [2.45, 2.75) is 173 Å². The van der Waals surface area contributed by atoms with E-state index in [0.717, 1.165) is 21.9 Å². The number of ketones is 2. The summed E-state index contributed by atoms with van der Waals surface area (Å²) in [7, 11) is 4.71. The van der Waals surface area contributed by atoms with Gasteiger partial charge < -0.3 is 48.6 Å². The molecule has 15 unspecified atom stereocenters. The highest BCUT2D eigenvalue weighted by atomic mass is 16.7. The number of hydrogen-bond donors (Lipinski definition) is 3. The number of aliphatic hydroxyl groups excluding tert-OH is 2. The molecule has 14 heteroatoms. The molecule has 3 N–H and O–H groups in total. The maximum atomic E-state index is 14.6. The monoisotopic (exact) mass is 962 g/mol. The van der Waals surface area contributed by atoms with Gasteiger partial charge in [-0.1, -0.05) is 81.8 Å². The first-order chi connectivity index (χ1) is 32.9. The Bertz CT molecular complexity index is 2140. The van der Waals surface area contributed by atoms with Crippen LogP contribution >= 0.6 is 0 Å². The molecule has 3 fully saturated rings. The van der Waals surface area contributed by atoms with Crippen LogP contribution in [-0.4, -0.2) is 133 Å². The quantitative estimate of drug-likeness (QED) is 0.122. The molecule has 6 rings (SSSR count). The molecule has 382 valence electrons. The van der Waals surface area contributed by atoms with Gasteiger partial charge in [-0.3, -0.25) is 14.4 Å². The maximum Gasteiger partial charge on any atom is 0.329 e. The third-order valence-electron chi connectivity index (χ3n) is 15.5. The average molecular weight is 962 g/mol. The van der Waals surface area contributed by atoms with Gasteiger partial charge in [0, 0.05) is 52.0 Å². The van der Waals surface area contributed by atoms with Crippen molar-refractivity contribution in [2.75, 3.05) is 34.5 Å². The number of carbonyl (C=O) groups excluding carboxylic acids is 4. The molecule has 3 aliphatic heterocycles. The number of allylic oxidation sites excluding steroid dienone is 3. The molecule has 2 bridgehead atoms. The largest absolute Gasteiger partial charge is 0.456 e. The van der Waals surface area contributed by atoms with E-state index in [0.29, 0.717) is 56.9 Å². The van der Waals surface area contributed by atoms with E-state index in [2.05, 4.69) is 6.92 Å². The maximum absolute atomic E-state index is 14.6. The summed E-state index contributed by atoms with van der Waals surface area (Å²) in [6.45, 7) is 11.4. The van der Waals surface area contributed by atoms with Crippen molar-refractivity contribution in [2.24, 2.45) is 29.6 Å². The van der Waals surface area contributed by atoms with E-state index in [1.807, 2.05) is 75.4 Å². The molecule has 1 amide bonds. The van der Waals surface area contributed by atoms with Gasteiger partial charge >= 0.3 is 5.97 Å². The minimum Gasteiger partial charge on any atom is -0.456 e. The summed E-state index contributed by atoms with van der Waals surface area (Å²) in [5.74, 6) is -7.65. The number of ether oxygens (including phenoxy) is 6. The van der Waals surface area contributed by atoms with Crippen molar-refractivity contribution in [3.63, 3.8) is 0 Å². The van der Waals surface area contributed by atoms with Crippen LogP contribution < -0.4 is 0 Å². The van der Waals surface area contributed by atoms with Crippen LogP contribution in [0, 0.1) is 29.6 Å². The number of benzene rings is 2. The Hall–Kier alpha value is -3.86. The van der Waals surface area contributed by atoms with Gasteiger partial charge in [-0.05, 0) is 118 Å². The van der Waals surface area contributed by atoms with Crippen LogP contribution in [0.1, 0.15) is 124 Å². The Morgan fingerprint density at radius 1 is 0.884 bits per heavy atom. The molecule has 3 heterocycles. The van der Waals surface area contributed by atoms with Crippen molar-refractivity contribution in [1.82, 2.24) is 4.90 Å². The number of carbonyl (C=O) groups is 4. The Balaban J connectivity index is 1.26. The zero-order valence-corrected chi connectivity index (χ0v) is 42.3. The SMILES string of the molecule is CCC1/C=C(\C)CC(C)CC(OC)C2OC(O)(C(=O)C(=O)N3CCCCC3C(=O)OC(C(C)=CC3CCC(OCC(O)c4ccc5ccccc5c4)C(OC)C3)C(C)C(O)CC1=O)C(C)CC2OC. The lowest BCUT2D eigenvalue weighted by Crippen LogP contribution is -2.64. The number of esters is 1. The normalized spacial score (nSPS) is 36.5. The molecule has 2 saturated heterocycles. The summed E-state index contributed by atoms with van der Waals surface area (Å²) in [5.41, 5.74) is 2.42. The number of amides is 1. The topological polar surface area (TPSA) is 188 Å². The summed E-state index contributed by atoms with van der Waals surface area (Å²) in [6, 6.07) is 12.7. The molecule has 15 atom stereocenters. The molecule has 2 aromatic rings. The summed E-state index contributed by atoms with van der Waals surface area (Å²) >= 11 is 0. The van der Waals surface area contributed by atoms with Crippen molar-refractivity contribution >= 4 is 34.2 Å². The number of piperidine rings is 1. The zero-order chi connectivity index (χ0) is 50.2. The fourth-order valence-corrected chi connectivity index (χ4v) is 11.3. The van der Waals surface area contributed by atoms with Crippen molar-refractivity contribution < 1.29 is 62.9 Å². The van der Waals surface area contributed by atoms with Gasteiger partial charge in [0.05, 0.1) is 37.1 Å². The van der Waals surface area contributed by atoms with Crippen molar-refractivity contribution in [3.8, 4) is 0 Å². The van der Waals surface area contributed by atoms with E-state index in [-0.39, 0.29) is 62.2 Å². The first-order valence-corrected chi connectivity index (χ1v) is 25.3. The molecule has 0 aromatic heterocycles. The van der Waals surface area contributed by atoms with Crippen LogP contribution in [-0.2, 0) is 47.6 Å². The molecule has 2 aromatic carbocycles. The predicted octanol–water partition coefficient (Wildman–Crippen LogP) is 7.38. The second-order valence-electron chi connectivity index (χ2n) is 20.6. The van der Waals surface area contributed by atoms with Crippen LogP contribution in [0.15, 0.2) is 65.8 Å². The first kappa shape index (κ1) is 54.5. The fraction of sp³-hybridized carbons (Fsp3) is 0.673. The van der Waals surface area contributed by atoms with Crippen LogP contribution in [0.4, 0.5) is 0 Å². The number of aliphatic hydroxyl groups is 3. The Morgan fingerprint density at radius 2 is 1.58 bits per heavy atom. The molecular formula is C55H79NO13. The smallest absolute Gasteiger partial charge is 0.329 e. The highest BCUT2D eigenvalue weighted by Crippen LogP contribution is 2.40. The third-order valence-corrected chi connectivity index (χ3v) is 15.5. The standard InChI is InChI=1S/C55H79NO13/c1-10-38-24-32(2)23-33(3)25-48(65-8)51-49(66-9)27-35(5)55(63,69-51)52(60)53(61)56-22-14-13-17-42(56)54(62)68-50(36(6)43(57)30-44(38)58)34(4)26-37-18-21-46(47(28-37)64-7)67-31-45(59)41-20-19-39-15-11-12-16-40(39)29-41/h11-12,15-16,19-20,24,26,29,33,35-38,42-43,45-51,57,59,63H,10,13-14,17-18,21-23,25,27-28,30-31H2,1-9H3/b32-24+,34-26?. The van der Waals surface area contributed by atoms with E-state index in [1.54, 1.807) is 21.0 Å². The van der Waals surface area contributed by atoms with E-state index >= 15 is 0 Å². The van der Waals surface area contributed by atoms with Crippen LogP contribution in [0.5, 0.6) is 0 Å². The van der Waals surface area contributed by atoms with Crippen LogP contribution in [0.25, 0.3) is 10.8 Å². The molecule has 69 heavy (non-hydrogen) atoms. The van der Waals surface area contributed by atoms with Gasteiger partial charge in [0.2, 0.25) is 5.79 Å². The van der Waals surface area contributed by atoms with E-state index in [1.165, 1.54) is 19.1 Å².